The van der Waals surface area contributed by atoms with Gasteiger partial charge in [-0.05, 0) is 28.8 Å². The normalized spacial score (nSPS) is 18.6. The van der Waals surface area contributed by atoms with E-state index in [4.69, 9.17) is 9.47 Å². The van der Waals surface area contributed by atoms with Crippen LogP contribution in [0.1, 0.15) is 16.7 Å². The third-order valence-corrected chi connectivity index (χ3v) is 5.98. The Balaban J connectivity index is 1.32. The van der Waals surface area contributed by atoms with Gasteiger partial charge >= 0.3 is 6.03 Å². The molecule has 2 heterocycles. The van der Waals surface area contributed by atoms with Gasteiger partial charge in [0.1, 0.15) is 6.54 Å². The van der Waals surface area contributed by atoms with Gasteiger partial charge in [0.2, 0.25) is 12.7 Å². The number of urea groups is 1. The van der Waals surface area contributed by atoms with Crippen molar-refractivity contribution in [3.05, 3.63) is 95.6 Å². The molecule has 172 valence electrons. The lowest BCUT2D eigenvalue weighted by Gasteiger charge is -2.27. The van der Waals surface area contributed by atoms with E-state index in [1.807, 2.05) is 66.7 Å². The van der Waals surface area contributed by atoms with Crippen LogP contribution in [0, 0.1) is 0 Å². The molecular weight excluding hydrogens is 434 g/mol. The molecule has 2 aliphatic heterocycles. The molecule has 0 bridgehead atoms. The first-order valence-corrected chi connectivity index (χ1v) is 10.9. The number of fused-ring (bicyclic) bond motifs is 1. The molecule has 0 unspecified atom stereocenters. The van der Waals surface area contributed by atoms with Crippen LogP contribution >= 0.6 is 0 Å². The van der Waals surface area contributed by atoms with Crippen LogP contribution in [0.3, 0.4) is 0 Å². The first-order chi connectivity index (χ1) is 16.5. The third kappa shape index (κ3) is 4.05. The van der Waals surface area contributed by atoms with E-state index in [9.17, 15) is 14.4 Å². The number of benzene rings is 3. The maximum absolute atomic E-state index is 13.6. The minimum Gasteiger partial charge on any atom is -0.454 e. The van der Waals surface area contributed by atoms with Gasteiger partial charge in [-0.3, -0.25) is 14.5 Å². The summed E-state index contributed by atoms with van der Waals surface area (Å²) in [5.74, 6) is 0.384. The van der Waals surface area contributed by atoms with Crippen LogP contribution in [0.4, 0.5) is 4.79 Å². The molecule has 0 radical (unpaired) electrons. The van der Waals surface area contributed by atoms with Gasteiger partial charge in [0.05, 0.1) is 0 Å². The highest BCUT2D eigenvalue weighted by atomic mass is 16.7. The zero-order valence-electron chi connectivity index (χ0n) is 18.3. The van der Waals surface area contributed by atoms with Gasteiger partial charge in [-0.25, -0.2) is 4.79 Å². The summed E-state index contributed by atoms with van der Waals surface area (Å²) in [5, 5.41) is 5.63. The highest BCUT2D eigenvalue weighted by Gasteiger charge is 2.52. The molecule has 8 nitrogen and oxygen atoms in total. The van der Waals surface area contributed by atoms with Crippen molar-refractivity contribution in [2.24, 2.45) is 0 Å². The van der Waals surface area contributed by atoms with Crippen LogP contribution in [-0.4, -0.2) is 36.1 Å². The average Bonchev–Trinajstić information content (AvgIpc) is 3.42. The fraction of sp³-hybridized carbons (Fsp3) is 0.192. The molecule has 0 saturated carbocycles. The minimum absolute atomic E-state index is 0.170. The van der Waals surface area contributed by atoms with Crippen molar-refractivity contribution in [3.8, 4) is 11.5 Å². The van der Waals surface area contributed by atoms with E-state index >= 15 is 0 Å². The van der Waals surface area contributed by atoms with Gasteiger partial charge in [0, 0.05) is 13.0 Å². The number of hydrogen-bond acceptors (Lipinski definition) is 5. The summed E-state index contributed by atoms with van der Waals surface area (Å²) in [6.07, 6.45) is 0.276. The number of amides is 4. The molecule has 4 amide bonds. The predicted molar refractivity (Wildman–Crippen MR) is 123 cm³/mol. The van der Waals surface area contributed by atoms with Gasteiger partial charge in [-0.15, -0.1) is 0 Å². The van der Waals surface area contributed by atoms with Crippen LogP contribution < -0.4 is 20.1 Å². The molecule has 1 atom stereocenters. The van der Waals surface area contributed by atoms with Crippen LogP contribution in [0.5, 0.6) is 11.5 Å². The van der Waals surface area contributed by atoms with E-state index in [0.717, 1.165) is 16.0 Å². The molecule has 2 N–H and O–H groups in total. The van der Waals surface area contributed by atoms with Gasteiger partial charge in [-0.1, -0.05) is 66.7 Å². The summed E-state index contributed by atoms with van der Waals surface area (Å²) in [6, 6.07) is 23.4. The van der Waals surface area contributed by atoms with Crippen molar-refractivity contribution in [2.75, 3.05) is 13.3 Å². The molecule has 1 saturated heterocycles. The summed E-state index contributed by atoms with van der Waals surface area (Å²) < 4.78 is 10.6. The van der Waals surface area contributed by atoms with Crippen LogP contribution in [0.25, 0.3) is 0 Å². The van der Waals surface area contributed by atoms with Crippen molar-refractivity contribution in [1.82, 2.24) is 15.5 Å². The Labute approximate surface area is 196 Å². The van der Waals surface area contributed by atoms with Crippen molar-refractivity contribution in [1.29, 1.82) is 0 Å². The Kier molecular flexibility index (Phi) is 5.63. The maximum atomic E-state index is 13.6. The van der Waals surface area contributed by atoms with Gasteiger partial charge in [0.15, 0.2) is 17.0 Å². The number of carbonyl (C=O) groups excluding carboxylic acids is 3. The van der Waals surface area contributed by atoms with E-state index in [1.54, 1.807) is 12.1 Å². The summed E-state index contributed by atoms with van der Waals surface area (Å²) >= 11 is 0. The highest BCUT2D eigenvalue weighted by Crippen LogP contribution is 2.34. The van der Waals surface area contributed by atoms with E-state index < -0.39 is 23.4 Å². The highest BCUT2D eigenvalue weighted by molar-refractivity contribution is 6.09. The van der Waals surface area contributed by atoms with Crippen molar-refractivity contribution < 1.29 is 23.9 Å². The second-order valence-electron chi connectivity index (χ2n) is 8.22. The number of ether oxygens (including phenoxy) is 2. The first-order valence-electron chi connectivity index (χ1n) is 10.9. The monoisotopic (exact) mass is 457 g/mol. The second kappa shape index (κ2) is 8.90. The maximum Gasteiger partial charge on any atom is 0.325 e. The fourth-order valence-electron chi connectivity index (χ4n) is 4.26. The molecule has 1 fully saturated rings. The summed E-state index contributed by atoms with van der Waals surface area (Å²) in [5.41, 5.74) is 1.10. The Bertz CT molecular complexity index is 1230. The van der Waals surface area contributed by atoms with E-state index in [-0.39, 0.29) is 26.3 Å². The molecule has 5 rings (SSSR count). The second-order valence-corrected chi connectivity index (χ2v) is 8.22. The van der Waals surface area contributed by atoms with E-state index in [1.165, 1.54) is 0 Å². The number of imide groups is 1. The molecule has 8 heteroatoms. The topological polar surface area (TPSA) is 97.0 Å². The fourth-order valence-corrected chi connectivity index (χ4v) is 4.26. The molecule has 2 aliphatic rings. The zero-order valence-corrected chi connectivity index (χ0v) is 18.3. The third-order valence-electron chi connectivity index (χ3n) is 5.98. The lowest BCUT2D eigenvalue weighted by atomic mass is 9.83. The van der Waals surface area contributed by atoms with Gasteiger partial charge in [0.25, 0.3) is 5.91 Å². The summed E-state index contributed by atoms with van der Waals surface area (Å²) in [7, 11) is 0. The molecule has 0 aliphatic carbocycles. The molecule has 3 aromatic carbocycles. The Hall–Kier alpha value is -4.33. The lowest BCUT2D eigenvalue weighted by Crippen LogP contribution is -2.46. The number of rotatable bonds is 7. The largest absolute Gasteiger partial charge is 0.454 e. The Morgan fingerprint density at radius 2 is 1.62 bits per heavy atom. The zero-order chi connectivity index (χ0) is 23.5. The summed E-state index contributed by atoms with van der Waals surface area (Å²) in [6.45, 7) is 0.0228. The lowest BCUT2D eigenvalue weighted by molar-refractivity contribution is -0.135. The average molecular weight is 457 g/mol. The van der Waals surface area contributed by atoms with Crippen molar-refractivity contribution in [2.45, 2.75) is 18.5 Å². The van der Waals surface area contributed by atoms with Crippen LogP contribution in [-0.2, 0) is 28.1 Å². The molecule has 0 aromatic heterocycles. The van der Waals surface area contributed by atoms with Crippen molar-refractivity contribution >= 4 is 17.8 Å². The van der Waals surface area contributed by atoms with Crippen LogP contribution in [0.2, 0.25) is 0 Å². The Morgan fingerprint density at radius 1 is 0.912 bits per heavy atom. The number of carbonyl (C=O) groups is 3. The van der Waals surface area contributed by atoms with Crippen LogP contribution in [0.15, 0.2) is 78.9 Å². The number of hydrogen-bond donors (Lipinski definition) is 2. The predicted octanol–water partition coefficient (Wildman–Crippen LogP) is 2.72. The molecule has 3 aromatic rings. The standard InChI is InChI=1S/C26H23N3O5/c30-23(27-15-19-11-12-21-22(13-19)34-17-33-21)16-29-24(31)26(28-25(29)32,20-9-5-2-6-10-20)14-18-7-3-1-4-8-18/h1-13H,14-17H2,(H,27,30)(H,28,32)/t26-/m1/s1. The SMILES string of the molecule is O=C(CN1C(=O)N[C@](Cc2ccccc2)(c2ccccc2)C1=O)NCc1ccc2c(c1)OCO2. The Morgan fingerprint density at radius 3 is 2.38 bits per heavy atom. The molecule has 0 spiro atoms. The van der Waals surface area contributed by atoms with Crippen molar-refractivity contribution in [3.63, 3.8) is 0 Å². The minimum atomic E-state index is -1.28. The van der Waals surface area contributed by atoms with E-state index in [2.05, 4.69) is 10.6 Å². The van der Waals surface area contributed by atoms with Gasteiger partial charge in [-0.2, -0.15) is 0 Å². The molecular formula is C26H23N3O5. The number of nitrogens with zero attached hydrogens (tertiary/aromatic N) is 1. The summed E-state index contributed by atoms with van der Waals surface area (Å²) in [4.78, 5) is 40.1. The quantitative estimate of drug-likeness (QED) is 0.532. The smallest absolute Gasteiger partial charge is 0.325 e. The molecule has 34 heavy (non-hydrogen) atoms. The van der Waals surface area contributed by atoms with Gasteiger partial charge < -0.3 is 20.1 Å². The van der Waals surface area contributed by atoms with E-state index in [0.29, 0.717) is 17.1 Å². The first kappa shape index (κ1) is 21.5. The number of nitrogens with one attached hydrogen (secondary N) is 2.